The van der Waals surface area contributed by atoms with Gasteiger partial charge in [-0.05, 0) is 13.8 Å². The number of nitrogen functional groups attached to an aromatic ring is 1. The lowest BCUT2D eigenvalue weighted by Gasteiger charge is -2.16. The molecule has 1 aromatic rings. The van der Waals surface area contributed by atoms with Gasteiger partial charge in [-0.2, -0.15) is 13.2 Å². The van der Waals surface area contributed by atoms with E-state index in [1.807, 2.05) is 0 Å². The zero-order valence-electron chi connectivity index (χ0n) is 11.9. The highest BCUT2D eigenvalue weighted by Crippen LogP contribution is 2.43. The summed E-state index contributed by atoms with van der Waals surface area (Å²) in [6.45, 7) is 3.57. The molecule has 1 unspecified atom stereocenters. The van der Waals surface area contributed by atoms with Crippen LogP contribution in [0.3, 0.4) is 0 Å². The van der Waals surface area contributed by atoms with E-state index in [0.717, 1.165) is 11.3 Å². The third-order valence-corrected chi connectivity index (χ3v) is 3.68. The van der Waals surface area contributed by atoms with E-state index in [1.54, 1.807) is 6.92 Å². The van der Waals surface area contributed by atoms with Crippen LogP contribution in [0.1, 0.15) is 29.9 Å². The Balaban J connectivity index is 2.97. The van der Waals surface area contributed by atoms with Crippen molar-refractivity contribution in [3.05, 3.63) is 4.88 Å². The predicted molar refractivity (Wildman–Crippen MR) is 77.0 cm³/mol. The van der Waals surface area contributed by atoms with Crippen molar-refractivity contribution in [3.63, 3.8) is 0 Å². The number of thiophene rings is 1. The minimum atomic E-state index is -4.27. The molecule has 0 aliphatic heterocycles. The highest BCUT2D eigenvalue weighted by molar-refractivity contribution is 7.19. The molecular weight excluding hydrogens is 307 g/mol. The number of ether oxygens (including phenoxy) is 1. The van der Waals surface area contributed by atoms with Crippen LogP contribution in [0.5, 0.6) is 5.75 Å². The molecule has 21 heavy (non-hydrogen) atoms. The van der Waals surface area contributed by atoms with Crippen LogP contribution in [0.15, 0.2) is 0 Å². The van der Waals surface area contributed by atoms with E-state index in [4.69, 9.17) is 10.5 Å². The Labute approximate surface area is 124 Å². The van der Waals surface area contributed by atoms with Crippen LogP contribution >= 0.6 is 11.3 Å². The highest BCUT2D eigenvalue weighted by Gasteiger charge is 2.31. The van der Waals surface area contributed by atoms with Gasteiger partial charge in [-0.25, -0.2) is 0 Å². The van der Waals surface area contributed by atoms with Gasteiger partial charge in [0.15, 0.2) is 5.75 Å². The van der Waals surface area contributed by atoms with E-state index < -0.39 is 18.6 Å². The second-order valence-electron chi connectivity index (χ2n) is 4.43. The molecule has 9 heteroatoms. The van der Waals surface area contributed by atoms with Crippen molar-refractivity contribution in [1.82, 2.24) is 5.32 Å². The van der Waals surface area contributed by atoms with Crippen molar-refractivity contribution in [2.75, 3.05) is 24.7 Å². The maximum absolute atomic E-state index is 12.3. The number of methoxy groups -OCH3 is 1. The van der Waals surface area contributed by atoms with Gasteiger partial charge in [0.1, 0.15) is 15.6 Å². The van der Waals surface area contributed by atoms with Gasteiger partial charge in [-0.3, -0.25) is 4.79 Å². The summed E-state index contributed by atoms with van der Waals surface area (Å²) in [6, 6.07) is -0.862. The number of rotatable bonds is 6. The smallest absolute Gasteiger partial charge is 0.391 e. The van der Waals surface area contributed by atoms with Crippen LogP contribution in [-0.4, -0.2) is 31.8 Å². The van der Waals surface area contributed by atoms with Crippen molar-refractivity contribution in [2.24, 2.45) is 0 Å². The first-order valence-corrected chi connectivity index (χ1v) is 7.09. The minimum absolute atomic E-state index is 0.121. The average Bonchev–Trinajstić information content (AvgIpc) is 2.63. The number of anilines is 2. The predicted octanol–water partition coefficient (Wildman–Crippen LogP) is 2.84. The quantitative estimate of drug-likeness (QED) is 0.752. The van der Waals surface area contributed by atoms with E-state index in [9.17, 15) is 18.0 Å². The van der Waals surface area contributed by atoms with Gasteiger partial charge in [0.2, 0.25) is 0 Å². The van der Waals surface area contributed by atoms with Gasteiger partial charge < -0.3 is 21.1 Å². The lowest BCUT2D eigenvalue weighted by Crippen LogP contribution is -2.23. The number of carbonyl (C=O) groups is 1. The molecule has 0 spiro atoms. The number of hydrogen-bond acceptors (Lipinski definition) is 5. The third kappa shape index (κ3) is 4.69. The van der Waals surface area contributed by atoms with Crippen LogP contribution in [0.25, 0.3) is 0 Å². The Morgan fingerprint density at radius 2 is 2.10 bits per heavy atom. The van der Waals surface area contributed by atoms with E-state index in [2.05, 4.69) is 10.6 Å². The molecule has 1 atom stereocenters. The largest absolute Gasteiger partial charge is 0.492 e. The summed E-state index contributed by atoms with van der Waals surface area (Å²) in [5.41, 5.74) is 5.93. The molecule has 0 bridgehead atoms. The van der Waals surface area contributed by atoms with Gasteiger partial charge in [-0.15, -0.1) is 11.3 Å². The average molecular weight is 325 g/mol. The van der Waals surface area contributed by atoms with Gasteiger partial charge in [0, 0.05) is 12.6 Å². The SMILES string of the molecule is CCNC(=O)c1sc(NC(C)CC(F)(F)F)c(OC)c1N. The Bertz CT molecular complexity index is 503. The third-order valence-electron chi connectivity index (χ3n) is 2.56. The van der Waals surface area contributed by atoms with Crippen molar-refractivity contribution in [3.8, 4) is 5.75 Å². The van der Waals surface area contributed by atoms with Crippen LogP contribution in [0, 0.1) is 0 Å². The van der Waals surface area contributed by atoms with Crippen LogP contribution in [0.4, 0.5) is 23.9 Å². The molecular formula is C12H18F3N3O2S. The van der Waals surface area contributed by atoms with Gasteiger partial charge in [0.25, 0.3) is 5.91 Å². The number of hydrogen-bond donors (Lipinski definition) is 3. The number of carbonyl (C=O) groups excluding carboxylic acids is 1. The zero-order valence-corrected chi connectivity index (χ0v) is 12.7. The molecule has 0 saturated heterocycles. The fraction of sp³-hybridized carbons (Fsp3) is 0.583. The lowest BCUT2D eigenvalue weighted by molar-refractivity contribution is -0.136. The summed E-state index contributed by atoms with van der Waals surface area (Å²) in [4.78, 5) is 12.0. The number of amides is 1. The second kappa shape index (κ2) is 6.88. The van der Waals surface area contributed by atoms with Crippen molar-refractivity contribution < 1.29 is 22.7 Å². The number of nitrogens with one attached hydrogen (secondary N) is 2. The molecule has 0 saturated carbocycles. The standard InChI is InChI=1S/C12H18F3N3O2S/c1-4-17-10(19)9-7(16)8(20-3)11(21-9)18-6(2)5-12(13,14)15/h6,18H,4-5,16H2,1-3H3,(H,17,19). The summed E-state index contributed by atoms with van der Waals surface area (Å²) in [7, 11) is 1.35. The Hall–Kier alpha value is -1.64. The van der Waals surface area contributed by atoms with Crippen molar-refractivity contribution >= 4 is 27.9 Å². The molecule has 1 aromatic heterocycles. The maximum Gasteiger partial charge on any atom is 0.391 e. The maximum atomic E-state index is 12.3. The molecule has 1 amide bonds. The molecule has 0 aliphatic rings. The zero-order chi connectivity index (χ0) is 16.2. The van der Waals surface area contributed by atoms with Crippen LogP contribution in [-0.2, 0) is 0 Å². The summed E-state index contributed by atoms with van der Waals surface area (Å²) in [5, 5.41) is 5.59. The van der Waals surface area contributed by atoms with Crippen LogP contribution in [0.2, 0.25) is 0 Å². The lowest BCUT2D eigenvalue weighted by atomic mass is 10.2. The fourth-order valence-corrected chi connectivity index (χ4v) is 2.88. The normalized spacial score (nSPS) is 12.9. The molecule has 0 fully saturated rings. The fourth-order valence-electron chi connectivity index (χ4n) is 1.76. The first kappa shape index (κ1) is 17.4. The molecule has 1 heterocycles. The molecule has 120 valence electrons. The molecule has 1 rings (SSSR count). The van der Waals surface area contributed by atoms with E-state index in [0.29, 0.717) is 11.5 Å². The van der Waals surface area contributed by atoms with E-state index in [1.165, 1.54) is 14.0 Å². The van der Waals surface area contributed by atoms with Crippen molar-refractivity contribution in [1.29, 1.82) is 0 Å². The molecule has 4 N–H and O–H groups in total. The summed E-state index contributed by atoms with van der Waals surface area (Å²) in [5.74, 6) is -0.190. The molecule has 0 radical (unpaired) electrons. The van der Waals surface area contributed by atoms with Crippen molar-refractivity contribution in [2.45, 2.75) is 32.5 Å². The number of halogens is 3. The Kier molecular flexibility index (Phi) is 5.70. The van der Waals surface area contributed by atoms with E-state index in [-0.39, 0.29) is 22.2 Å². The monoisotopic (exact) mass is 325 g/mol. The van der Waals surface area contributed by atoms with Crippen LogP contribution < -0.4 is 21.1 Å². The topological polar surface area (TPSA) is 76.4 Å². The summed E-state index contributed by atoms with van der Waals surface area (Å²) in [6.07, 6.45) is -5.27. The Morgan fingerprint density at radius 3 is 2.57 bits per heavy atom. The summed E-state index contributed by atoms with van der Waals surface area (Å²) >= 11 is 0.973. The summed E-state index contributed by atoms with van der Waals surface area (Å²) < 4.78 is 42.1. The minimum Gasteiger partial charge on any atom is -0.492 e. The molecule has 0 aromatic carbocycles. The highest BCUT2D eigenvalue weighted by atomic mass is 32.1. The molecule has 5 nitrogen and oxygen atoms in total. The first-order chi connectivity index (χ1) is 9.69. The van der Waals surface area contributed by atoms with E-state index >= 15 is 0 Å². The van der Waals surface area contributed by atoms with Gasteiger partial charge in [0.05, 0.1) is 13.5 Å². The number of alkyl halides is 3. The second-order valence-corrected chi connectivity index (χ2v) is 5.45. The first-order valence-electron chi connectivity index (χ1n) is 6.27. The van der Waals surface area contributed by atoms with Gasteiger partial charge >= 0.3 is 6.18 Å². The Morgan fingerprint density at radius 1 is 1.48 bits per heavy atom. The van der Waals surface area contributed by atoms with Gasteiger partial charge in [-0.1, -0.05) is 0 Å². The molecule has 0 aliphatic carbocycles. The number of nitrogens with two attached hydrogens (primary N) is 1.